The fraction of sp³-hybridized carbons (Fsp3) is 0.486. The number of hydrogen-bond acceptors (Lipinski definition) is 7. The van der Waals surface area contributed by atoms with E-state index in [0.717, 1.165) is 67.4 Å². The van der Waals surface area contributed by atoms with Crippen molar-refractivity contribution in [1.29, 1.82) is 0 Å². The van der Waals surface area contributed by atoms with E-state index in [-0.39, 0.29) is 22.4 Å². The molecule has 0 unspecified atom stereocenters. The molecule has 0 saturated carbocycles. The summed E-state index contributed by atoms with van der Waals surface area (Å²) >= 11 is 0. The Morgan fingerprint density at radius 1 is 0.543 bits per heavy atom. The van der Waals surface area contributed by atoms with Gasteiger partial charge in [0.05, 0.1) is 56.6 Å². The van der Waals surface area contributed by atoms with Crippen molar-refractivity contribution < 1.29 is 18.6 Å². The molecule has 0 bridgehead atoms. The number of nitrogens with zero attached hydrogens (tertiary/aromatic N) is 3. The molecule has 0 atom stereocenters. The zero-order valence-corrected chi connectivity index (χ0v) is 30.2. The Morgan fingerprint density at radius 2 is 0.826 bits per heavy atom. The van der Waals surface area contributed by atoms with Gasteiger partial charge in [-0.15, -0.1) is 0 Å². The lowest BCUT2D eigenvalue weighted by atomic mass is 9.77. The standard InChI is InChI=1S/C37H49B2N3O4/c1-22-18-28(38-43-34(7,8)35(9,10)44-38)19-23(2)32(22)40-26(5)30-16-15-17-31(42-30)27(6)41-33-24(3)20-29(21-25(33)4)39-45-36(11,12)37(13,14)46-39/h15-21H,1-14H3. The first-order valence-corrected chi connectivity index (χ1v) is 16.2. The van der Waals surface area contributed by atoms with Crippen LogP contribution < -0.4 is 10.9 Å². The van der Waals surface area contributed by atoms with Crippen LogP contribution in [0.1, 0.15) is 103 Å². The molecule has 0 aliphatic carbocycles. The normalized spacial score (nSPS) is 20.5. The van der Waals surface area contributed by atoms with Crippen LogP contribution in [0.5, 0.6) is 0 Å². The molecule has 2 fully saturated rings. The fourth-order valence-electron chi connectivity index (χ4n) is 5.85. The minimum Gasteiger partial charge on any atom is -0.399 e. The van der Waals surface area contributed by atoms with Crippen molar-refractivity contribution in [3.05, 3.63) is 76.1 Å². The van der Waals surface area contributed by atoms with E-state index in [2.05, 4.69) is 107 Å². The zero-order chi connectivity index (χ0) is 34.0. The van der Waals surface area contributed by atoms with Gasteiger partial charge in [-0.25, -0.2) is 4.98 Å². The molecule has 9 heteroatoms. The number of hydrogen-bond donors (Lipinski definition) is 0. The first-order valence-electron chi connectivity index (χ1n) is 16.2. The highest BCUT2D eigenvalue weighted by Gasteiger charge is 2.52. The molecule has 2 saturated heterocycles. The molecule has 5 rings (SSSR count). The summed E-state index contributed by atoms with van der Waals surface area (Å²) in [5.74, 6) is 0. The van der Waals surface area contributed by atoms with E-state index in [4.69, 9.17) is 33.6 Å². The van der Waals surface area contributed by atoms with Gasteiger partial charge in [0.25, 0.3) is 0 Å². The monoisotopic (exact) mass is 621 g/mol. The van der Waals surface area contributed by atoms with Gasteiger partial charge in [0.2, 0.25) is 0 Å². The lowest BCUT2D eigenvalue weighted by Crippen LogP contribution is -2.41. The predicted octanol–water partition coefficient (Wildman–Crippen LogP) is 7.20. The number of benzene rings is 2. The first-order chi connectivity index (χ1) is 21.2. The summed E-state index contributed by atoms with van der Waals surface area (Å²) in [5, 5.41) is 0. The lowest BCUT2D eigenvalue weighted by molar-refractivity contribution is 0.00578. The molecule has 1 aromatic heterocycles. The van der Waals surface area contributed by atoms with Crippen LogP contribution in [0.2, 0.25) is 0 Å². The van der Waals surface area contributed by atoms with Gasteiger partial charge in [-0.1, -0.05) is 30.3 Å². The van der Waals surface area contributed by atoms with Crippen molar-refractivity contribution in [2.75, 3.05) is 0 Å². The number of aliphatic imine (C=N–C) groups is 2. The van der Waals surface area contributed by atoms with Crippen molar-refractivity contribution >= 4 is 48.0 Å². The van der Waals surface area contributed by atoms with Gasteiger partial charge in [-0.05, 0) is 142 Å². The third kappa shape index (κ3) is 6.40. The van der Waals surface area contributed by atoms with Gasteiger partial charge >= 0.3 is 14.2 Å². The van der Waals surface area contributed by atoms with Gasteiger partial charge in [0.1, 0.15) is 0 Å². The molecule has 2 aliphatic rings. The van der Waals surface area contributed by atoms with Crippen LogP contribution in [0.25, 0.3) is 0 Å². The molecule has 3 aromatic rings. The summed E-state index contributed by atoms with van der Waals surface area (Å²) in [6.45, 7) is 28.9. The molecule has 0 radical (unpaired) electrons. The second-order valence-electron chi connectivity index (χ2n) is 15.0. The maximum atomic E-state index is 6.30. The van der Waals surface area contributed by atoms with Gasteiger partial charge in [-0.2, -0.15) is 0 Å². The Balaban J connectivity index is 1.38. The maximum absolute atomic E-state index is 6.30. The van der Waals surface area contributed by atoms with Crippen molar-refractivity contribution in [3.63, 3.8) is 0 Å². The molecule has 46 heavy (non-hydrogen) atoms. The summed E-state index contributed by atoms with van der Waals surface area (Å²) in [6.07, 6.45) is 0. The molecule has 2 aliphatic heterocycles. The summed E-state index contributed by atoms with van der Waals surface area (Å²) < 4.78 is 25.2. The molecule has 2 aromatic carbocycles. The van der Waals surface area contributed by atoms with Crippen molar-refractivity contribution in [1.82, 2.24) is 4.98 Å². The molecule has 0 amide bonds. The van der Waals surface area contributed by atoms with Crippen LogP contribution in [0, 0.1) is 27.7 Å². The van der Waals surface area contributed by atoms with E-state index in [1.165, 1.54) is 0 Å². The van der Waals surface area contributed by atoms with Gasteiger partial charge in [0.15, 0.2) is 0 Å². The minimum atomic E-state index is -0.408. The lowest BCUT2D eigenvalue weighted by Gasteiger charge is -2.32. The highest BCUT2D eigenvalue weighted by Crippen LogP contribution is 2.38. The first kappa shape index (κ1) is 34.2. The SMILES string of the molecule is CC(=Nc1c(C)cc(B2OC(C)(C)C(C)(C)O2)cc1C)c1cccc(C(C)=Nc2c(C)cc(B3OC(C)(C)C(C)(C)O3)cc2C)n1. The highest BCUT2D eigenvalue weighted by atomic mass is 16.7. The topological polar surface area (TPSA) is 74.5 Å². The molecule has 0 N–H and O–H groups in total. The van der Waals surface area contributed by atoms with Gasteiger partial charge in [0, 0.05) is 0 Å². The van der Waals surface area contributed by atoms with Gasteiger partial charge in [-0.3, -0.25) is 9.98 Å². The third-order valence-electron chi connectivity index (χ3n) is 10.1. The molecule has 242 valence electrons. The average Bonchev–Trinajstić information content (AvgIpc) is 3.31. The smallest absolute Gasteiger partial charge is 0.399 e. The van der Waals surface area contributed by atoms with Crippen LogP contribution >= 0.6 is 0 Å². The molecule has 7 nitrogen and oxygen atoms in total. The van der Waals surface area contributed by atoms with E-state index in [9.17, 15) is 0 Å². The van der Waals surface area contributed by atoms with E-state index in [0.29, 0.717) is 0 Å². The zero-order valence-electron chi connectivity index (χ0n) is 30.2. The Labute approximate surface area is 276 Å². The summed E-state index contributed by atoms with van der Waals surface area (Å²) in [6, 6.07) is 14.5. The third-order valence-corrected chi connectivity index (χ3v) is 10.1. The van der Waals surface area contributed by atoms with Crippen LogP contribution in [0.15, 0.2) is 52.4 Å². The largest absolute Gasteiger partial charge is 0.494 e. The second kappa shape index (κ2) is 11.9. The van der Waals surface area contributed by atoms with Crippen molar-refractivity contribution in [2.24, 2.45) is 9.98 Å². The van der Waals surface area contributed by atoms with E-state index in [1.807, 2.05) is 32.0 Å². The van der Waals surface area contributed by atoms with Gasteiger partial charge < -0.3 is 18.6 Å². The highest BCUT2D eigenvalue weighted by molar-refractivity contribution is 6.62. The van der Waals surface area contributed by atoms with Crippen LogP contribution in [-0.2, 0) is 18.6 Å². The van der Waals surface area contributed by atoms with E-state index < -0.39 is 14.2 Å². The average molecular weight is 621 g/mol. The molecular weight excluding hydrogens is 572 g/mol. The maximum Gasteiger partial charge on any atom is 0.494 e. The Bertz CT molecular complexity index is 1540. The number of pyridine rings is 1. The van der Waals surface area contributed by atoms with Crippen LogP contribution in [-0.4, -0.2) is 53.0 Å². The second-order valence-corrected chi connectivity index (χ2v) is 15.0. The predicted molar refractivity (Wildman–Crippen MR) is 191 cm³/mol. The van der Waals surface area contributed by atoms with E-state index in [1.54, 1.807) is 0 Å². The molecule has 0 spiro atoms. The Morgan fingerprint density at radius 3 is 1.11 bits per heavy atom. The van der Waals surface area contributed by atoms with Crippen molar-refractivity contribution in [2.45, 2.75) is 119 Å². The number of aryl methyl sites for hydroxylation is 4. The van der Waals surface area contributed by atoms with Crippen LogP contribution in [0.3, 0.4) is 0 Å². The molecular formula is C37H49B2N3O4. The Kier molecular flexibility index (Phi) is 8.82. The quantitative estimate of drug-likeness (QED) is 0.215. The Hall–Kier alpha value is -3.10. The number of aromatic nitrogens is 1. The van der Waals surface area contributed by atoms with E-state index >= 15 is 0 Å². The van der Waals surface area contributed by atoms with Crippen LogP contribution in [0.4, 0.5) is 11.4 Å². The molecule has 3 heterocycles. The summed E-state index contributed by atoms with van der Waals surface area (Å²) in [4.78, 5) is 15.1. The van der Waals surface area contributed by atoms with Crippen molar-refractivity contribution in [3.8, 4) is 0 Å². The number of rotatable bonds is 6. The summed E-state index contributed by atoms with van der Waals surface area (Å²) in [7, 11) is -0.816. The fourth-order valence-corrected chi connectivity index (χ4v) is 5.85. The summed E-state index contributed by atoms with van der Waals surface area (Å²) in [5.41, 5.74) is 9.87. The minimum absolute atomic E-state index is 0.389.